The molecule has 1 saturated heterocycles. The molecule has 152 valence electrons. The largest absolute Gasteiger partial charge is 0.386 e. The van der Waals surface area contributed by atoms with Crippen LogP contribution in [-0.4, -0.2) is 38.4 Å². The van der Waals surface area contributed by atoms with E-state index in [1.165, 1.54) is 11.1 Å². The molecule has 5 nitrogen and oxygen atoms in total. The van der Waals surface area contributed by atoms with E-state index in [-0.39, 0.29) is 0 Å². The quantitative estimate of drug-likeness (QED) is 0.698. The lowest BCUT2D eigenvalue weighted by Crippen LogP contribution is -2.40. The van der Waals surface area contributed by atoms with Crippen LogP contribution in [0, 0.1) is 13.8 Å². The molecule has 1 fully saturated rings. The van der Waals surface area contributed by atoms with Crippen molar-refractivity contribution in [1.29, 1.82) is 0 Å². The molecule has 0 saturated carbocycles. The number of hydrogen-bond donors (Lipinski definition) is 2. The summed E-state index contributed by atoms with van der Waals surface area (Å²) in [6.07, 6.45) is 7.24. The Balaban J connectivity index is 1.56. The van der Waals surface area contributed by atoms with Crippen LogP contribution in [0.25, 0.3) is 11.7 Å². The summed E-state index contributed by atoms with van der Waals surface area (Å²) in [6, 6.07) is 10.6. The van der Waals surface area contributed by atoms with Gasteiger partial charge in [-0.3, -0.25) is 0 Å². The molecule has 2 N–H and O–H groups in total. The highest BCUT2D eigenvalue weighted by Crippen LogP contribution is 2.23. The van der Waals surface area contributed by atoms with Crippen molar-refractivity contribution >= 4 is 11.7 Å². The number of nitrogens with zero attached hydrogens (tertiary/aromatic N) is 3. The van der Waals surface area contributed by atoms with Crippen molar-refractivity contribution in [1.82, 2.24) is 19.9 Å². The number of hydrogen-bond acceptors (Lipinski definition) is 4. The molecular weight excluding hydrogens is 360 g/mol. The SMILES string of the molecule is CCc1nn2c(C)cc(C)nc2c1Cc1ccc(/C=C/C2(O)CCNCC2)cc1. The summed E-state index contributed by atoms with van der Waals surface area (Å²) >= 11 is 0. The van der Waals surface area contributed by atoms with Crippen LogP contribution in [0.5, 0.6) is 0 Å². The fraction of sp³-hybridized carbons (Fsp3) is 0.417. The number of aliphatic hydroxyl groups is 1. The third kappa shape index (κ3) is 4.26. The Labute approximate surface area is 172 Å². The molecule has 0 radical (unpaired) electrons. The Kier molecular flexibility index (Phi) is 5.52. The van der Waals surface area contributed by atoms with Gasteiger partial charge in [0.25, 0.3) is 0 Å². The van der Waals surface area contributed by atoms with Gasteiger partial charge in [0.15, 0.2) is 5.65 Å². The van der Waals surface area contributed by atoms with Gasteiger partial charge in [-0.1, -0.05) is 43.3 Å². The molecule has 0 aliphatic carbocycles. The monoisotopic (exact) mass is 390 g/mol. The Bertz CT molecular complexity index is 1030. The molecule has 0 atom stereocenters. The second kappa shape index (κ2) is 8.09. The number of benzene rings is 1. The summed E-state index contributed by atoms with van der Waals surface area (Å²) in [4.78, 5) is 4.76. The Morgan fingerprint density at radius 3 is 2.59 bits per heavy atom. The van der Waals surface area contributed by atoms with Gasteiger partial charge in [0.2, 0.25) is 0 Å². The maximum atomic E-state index is 10.6. The highest BCUT2D eigenvalue weighted by Gasteiger charge is 2.25. The van der Waals surface area contributed by atoms with Crippen molar-refractivity contribution in [2.45, 2.75) is 52.1 Å². The Morgan fingerprint density at radius 1 is 1.17 bits per heavy atom. The normalized spacial score (nSPS) is 16.7. The smallest absolute Gasteiger partial charge is 0.159 e. The van der Waals surface area contributed by atoms with E-state index in [1.807, 2.05) is 23.6 Å². The zero-order valence-electron chi connectivity index (χ0n) is 17.6. The summed E-state index contributed by atoms with van der Waals surface area (Å²) in [5.74, 6) is 0. The second-order valence-corrected chi connectivity index (χ2v) is 8.16. The molecule has 4 rings (SSSR count). The molecule has 1 aliphatic heterocycles. The minimum atomic E-state index is -0.682. The van der Waals surface area contributed by atoms with Gasteiger partial charge < -0.3 is 10.4 Å². The molecule has 0 amide bonds. The topological polar surface area (TPSA) is 62.5 Å². The first-order valence-electron chi connectivity index (χ1n) is 10.5. The van der Waals surface area contributed by atoms with Crippen molar-refractivity contribution in [3.05, 3.63) is 70.2 Å². The van der Waals surface area contributed by atoms with Crippen LogP contribution in [0.15, 0.2) is 36.4 Å². The molecule has 1 aliphatic rings. The number of rotatable bonds is 5. The molecule has 3 aromatic rings. The van der Waals surface area contributed by atoms with E-state index in [1.54, 1.807) is 0 Å². The van der Waals surface area contributed by atoms with Gasteiger partial charge >= 0.3 is 0 Å². The van der Waals surface area contributed by atoms with E-state index in [0.717, 1.165) is 67.1 Å². The van der Waals surface area contributed by atoms with Crippen LogP contribution < -0.4 is 5.32 Å². The molecule has 2 aromatic heterocycles. The van der Waals surface area contributed by atoms with Crippen molar-refractivity contribution in [2.75, 3.05) is 13.1 Å². The number of aromatic nitrogens is 3. The molecule has 0 unspecified atom stereocenters. The first kappa shape index (κ1) is 19.8. The maximum absolute atomic E-state index is 10.6. The summed E-state index contributed by atoms with van der Waals surface area (Å²) < 4.78 is 1.97. The zero-order valence-corrected chi connectivity index (χ0v) is 17.6. The number of nitrogens with one attached hydrogen (secondary N) is 1. The fourth-order valence-electron chi connectivity index (χ4n) is 4.10. The van der Waals surface area contributed by atoms with E-state index < -0.39 is 5.60 Å². The van der Waals surface area contributed by atoms with E-state index in [0.29, 0.717) is 0 Å². The molecule has 29 heavy (non-hydrogen) atoms. The molecule has 0 spiro atoms. The van der Waals surface area contributed by atoms with Gasteiger partial charge in [-0.2, -0.15) is 5.10 Å². The van der Waals surface area contributed by atoms with Gasteiger partial charge in [-0.05, 0) is 63.4 Å². The number of fused-ring (bicyclic) bond motifs is 1. The van der Waals surface area contributed by atoms with Crippen molar-refractivity contribution in [3.63, 3.8) is 0 Å². The van der Waals surface area contributed by atoms with Crippen molar-refractivity contribution in [2.24, 2.45) is 0 Å². The second-order valence-electron chi connectivity index (χ2n) is 8.16. The van der Waals surface area contributed by atoms with E-state index in [2.05, 4.69) is 49.5 Å². The van der Waals surface area contributed by atoms with Crippen molar-refractivity contribution < 1.29 is 5.11 Å². The molecule has 3 heterocycles. The Morgan fingerprint density at radius 2 is 1.90 bits per heavy atom. The average molecular weight is 391 g/mol. The van der Waals surface area contributed by atoms with Crippen LogP contribution >= 0.6 is 0 Å². The lowest BCUT2D eigenvalue weighted by atomic mass is 9.91. The highest BCUT2D eigenvalue weighted by molar-refractivity contribution is 5.55. The van der Waals surface area contributed by atoms with Gasteiger partial charge in [0.1, 0.15) is 0 Å². The fourth-order valence-corrected chi connectivity index (χ4v) is 4.10. The minimum Gasteiger partial charge on any atom is -0.386 e. The van der Waals surface area contributed by atoms with Crippen LogP contribution in [0.4, 0.5) is 0 Å². The summed E-state index contributed by atoms with van der Waals surface area (Å²) in [6.45, 7) is 7.99. The summed E-state index contributed by atoms with van der Waals surface area (Å²) in [5.41, 5.74) is 7.11. The first-order valence-corrected chi connectivity index (χ1v) is 10.5. The molecule has 0 bridgehead atoms. The van der Waals surface area contributed by atoms with Gasteiger partial charge in [0, 0.05) is 23.4 Å². The molecular formula is C24H30N4O. The molecule has 1 aromatic carbocycles. The van der Waals surface area contributed by atoms with E-state index >= 15 is 0 Å². The third-order valence-electron chi connectivity index (χ3n) is 5.82. The standard InChI is InChI=1S/C24H30N4O/c1-4-22-21(23-26-17(2)15-18(3)28(23)27-22)16-20-7-5-19(6-8-20)9-10-24(29)11-13-25-14-12-24/h5-10,15,25,29H,4,11-14,16H2,1-3H3/b10-9+. The zero-order chi connectivity index (χ0) is 20.4. The maximum Gasteiger partial charge on any atom is 0.159 e. The van der Waals surface area contributed by atoms with Gasteiger partial charge in [0.05, 0.1) is 11.3 Å². The highest BCUT2D eigenvalue weighted by atomic mass is 16.3. The number of piperidine rings is 1. The van der Waals surface area contributed by atoms with Crippen LogP contribution in [0.2, 0.25) is 0 Å². The first-order chi connectivity index (χ1) is 14.0. The summed E-state index contributed by atoms with van der Waals surface area (Å²) in [5, 5.41) is 18.7. The van der Waals surface area contributed by atoms with E-state index in [9.17, 15) is 5.11 Å². The minimum absolute atomic E-state index is 0.682. The lowest BCUT2D eigenvalue weighted by molar-refractivity contribution is 0.0590. The molecule has 5 heteroatoms. The van der Waals surface area contributed by atoms with Gasteiger partial charge in [-0.15, -0.1) is 0 Å². The lowest BCUT2D eigenvalue weighted by Gasteiger charge is -2.29. The summed E-state index contributed by atoms with van der Waals surface area (Å²) in [7, 11) is 0. The number of aryl methyl sites for hydroxylation is 3. The predicted molar refractivity (Wildman–Crippen MR) is 117 cm³/mol. The average Bonchev–Trinajstić information content (AvgIpc) is 3.06. The third-order valence-corrected chi connectivity index (χ3v) is 5.82. The van der Waals surface area contributed by atoms with Crippen LogP contribution in [0.3, 0.4) is 0 Å². The van der Waals surface area contributed by atoms with Gasteiger partial charge in [-0.25, -0.2) is 9.50 Å². The van der Waals surface area contributed by atoms with E-state index in [4.69, 9.17) is 10.1 Å². The predicted octanol–water partition coefficient (Wildman–Crippen LogP) is 3.63. The van der Waals surface area contributed by atoms with Crippen molar-refractivity contribution in [3.8, 4) is 0 Å². The van der Waals surface area contributed by atoms with Crippen LogP contribution in [0.1, 0.15) is 53.5 Å². The Hall–Kier alpha value is -2.50. The van der Waals surface area contributed by atoms with Crippen LogP contribution in [-0.2, 0) is 12.8 Å².